The van der Waals surface area contributed by atoms with Gasteiger partial charge in [-0.2, -0.15) is 0 Å². The normalized spacial score (nSPS) is 15.8. The summed E-state index contributed by atoms with van der Waals surface area (Å²) in [7, 11) is 0. The monoisotopic (exact) mass is 392 g/mol. The summed E-state index contributed by atoms with van der Waals surface area (Å²) < 4.78 is 19.0. The van der Waals surface area contributed by atoms with Gasteiger partial charge < -0.3 is 15.4 Å². The predicted octanol–water partition coefficient (Wildman–Crippen LogP) is 3.94. The molecule has 29 heavy (non-hydrogen) atoms. The molecule has 2 heterocycles. The van der Waals surface area contributed by atoms with Crippen molar-refractivity contribution in [2.75, 3.05) is 18.5 Å². The molecule has 3 aromatic rings. The average Bonchev–Trinajstić information content (AvgIpc) is 3.26. The molecule has 0 spiro atoms. The third kappa shape index (κ3) is 4.94. The second kappa shape index (κ2) is 8.79. The van der Waals surface area contributed by atoms with Crippen LogP contribution < -0.4 is 10.6 Å². The minimum absolute atomic E-state index is 0.0996. The number of hydrogen-bond acceptors (Lipinski definition) is 5. The Morgan fingerprint density at radius 3 is 2.86 bits per heavy atom. The van der Waals surface area contributed by atoms with E-state index in [1.807, 2.05) is 6.07 Å². The molecule has 7 heteroatoms. The highest BCUT2D eigenvalue weighted by Crippen LogP contribution is 2.22. The number of nitrogens with zero attached hydrogens (tertiary/aromatic N) is 2. The van der Waals surface area contributed by atoms with Gasteiger partial charge in [-0.25, -0.2) is 14.4 Å². The van der Waals surface area contributed by atoms with Crippen LogP contribution in [-0.4, -0.2) is 35.1 Å². The number of nitrogens with one attached hydrogen (secondary N) is 2. The van der Waals surface area contributed by atoms with Crippen molar-refractivity contribution in [2.24, 2.45) is 0 Å². The van der Waals surface area contributed by atoms with Gasteiger partial charge in [0.2, 0.25) is 0 Å². The molecule has 0 saturated carbocycles. The lowest BCUT2D eigenvalue weighted by atomic mass is 10.1. The van der Waals surface area contributed by atoms with Crippen LogP contribution in [-0.2, 0) is 4.74 Å². The summed E-state index contributed by atoms with van der Waals surface area (Å²) in [4.78, 5) is 20.8. The molecule has 0 radical (unpaired) electrons. The highest BCUT2D eigenvalue weighted by atomic mass is 19.1. The van der Waals surface area contributed by atoms with E-state index in [0.29, 0.717) is 29.2 Å². The Balaban J connectivity index is 1.45. The molecule has 6 nitrogen and oxygen atoms in total. The van der Waals surface area contributed by atoms with Crippen molar-refractivity contribution < 1.29 is 13.9 Å². The maximum absolute atomic E-state index is 13.5. The molecule has 0 aliphatic carbocycles. The molecule has 1 saturated heterocycles. The third-order valence-electron chi connectivity index (χ3n) is 4.70. The van der Waals surface area contributed by atoms with Crippen molar-refractivity contribution >= 4 is 17.4 Å². The first kappa shape index (κ1) is 19.0. The zero-order valence-electron chi connectivity index (χ0n) is 15.8. The SMILES string of the molecule is O=C(NCC1CCCO1)c1cccc(Nc2cc(-c3cccc(F)c3)ncn2)c1. The van der Waals surface area contributed by atoms with Crippen LogP contribution >= 0.6 is 0 Å². The molecule has 1 aliphatic heterocycles. The Labute approximate surface area is 168 Å². The first-order valence-electron chi connectivity index (χ1n) is 9.52. The number of anilines is 2. The summed E-state index contributed by atoms with van der Waals surface area (Å²) in [6.07, 6.45) is 3.53. The Morgan fingerprint density at radius 1 is 1.14 bits per heavy atom. The van der Waals surface area contributed by atoms with E-state index < -0.39 is 0 Å². The number of carbonyl (C=O) groups excluding carboxylic acids is 1. The molecule has 4 rings (SSSR count). The molecule has 148 valence electrons. The predicted molar refractivity (Wildman–Crippen MR) is 108 cm³/mol. The standard InChI is InChI=1S/C22H21FN4O2/c23-17-6-1-4-15(10-17)20-12-21(26-14-25-20)27-18-7-2-5-16(11-18)22(28)24-13-19-8-3-9-29-19/h1-2,4-7,10-12,14,19H,3,8-9,13H2,(H,24,28)(H,25,26,27). The second-order valence-corrected chi connectivity index (χ2v) is 6.85. The quantitative estimate of drug-likeness (QED) is 0.665. The molecule has 0 bridgehead atoms. The molecule has 2 N–H and O–H groups in total. The number of carbonyl (C=O) groups is 1. The van der Waals surface area contributed by atoms with Gasteiger partial charge in [-0.15, -0.1) is 0 Å². The number of rotatable bonds is 6. The second-order valence-electron chi connectivity index (χ2n) is 6.85. The fourth-order valence-electron chi connectivity index (χ4n) is 3.23. The first-order chi connectivity index (χ1) is 14.2. The Hall–Kier alpha value is -3.32. The van der Waals surface area contributed by atoms with Crippen molar-refractivity contribution in [3.05, 3.63) is 72.3 Å². The van der Waals surface area contributed by atoms with Crippen LogP contribution in [0.5, 0.6) is 0 Å². The molecule has 1 fully saturated rings. The highest BCUT2D eigenvalue weighted by Gasteiger charge is 2.16. The van der Waals surface area contributed by atoms with Gasteiger partial charge in [0.25, 0.3) is 5.91 Å². The van der Waals surface area contributed by atoms with Gasteiger partial charge in [-0.3, -0.25) is 4.79 Å². The zero-order chi connectivity index (χ0) is 20.1. The summed E-state index contributed by atoms with van der Waals surface area (Å²) in [5.41, 5.74) is 2.54. The van der Waals surface area contributed by atoms with Crippen molar-refractivity contribution in [1.29, 1.82) is 0 Å². The van der Waals surface area contributed by atoms with Crippen LogP contribution in [0.15, 0.2) is 60.9 Å². The molecule has 1 unspecified atom stereocenters. The van der Waals surface area contributed by atoms with E-state index in [-0.39, 0.29) is 17.8 Å². The van der Waals surface area contributed by atoms with Gasteiger partial charge in [0.05, 0.1) is 11.8 Å². The topological polar surface area (TPSA) is 76.1 Å². The molecule has 1 aromatic heterocycles. The summed E-state index contributed by atoms with van der Waals surface area (Å²) in [5, 5.41) is 6.09. The molecular formula is C22H21FN4O2. The van der Waals surface area contributed by atoms with Gasteiger partial charge in [-0.05, 0) is 43.2 Å². The van der Waals surface area contributed by atoms with E-state index in [4.69, 9.17) is 4.74 Å². The van der Waals surface area contributed by atoms with Gasteiger partial charge in [0.15, 0.2) is 0 Å². The van der Waals surface area contributed by atoms with Crippen molar-refractivity contribution in [3.63, 3.8) is 0 Å². The molecule has 2 aromatic carbocycles. The number of aromatic nitrogens is 2. The number of benzene rings is 2. The fourth-order valence-corrected chi connectivity index (χ4v) is 3.23. The van der Waals surface area contributed by atoms with Crippen LogP contribution in [0.1, 0.15) is 23.2 Å². The van der Waals surface area contributed by atoms with Crippen LogP contribution in [0.4, 0.5) is 15.9 Å². The number of halogens is 1. The summed E-state index contributed by atoms with van der Waals surface area (Å²) in [6.45, 7) is 1.27. The van der Waals surface area contributed by atoms with E-state index in [9.17, 15) is 9.18 Å². The highest BCUT2D eigenvalue weighted by molar-refractivity contribution is 5.95. The largest absolute Gasteiger partial charge is 0.376 e. The number of amides is 1. The Bertz CT molecular complexity index is 1010. The van der Waals surface area contributed by atoms with E-state index in [1.165, 1.54) is 18.5 Å². The minimum Gasteiger partial charge on any atom is -0.376 e. The fraction of sp³-hybridized carbons (Fsp3) is 0.227. The van der Waals surface area contributed by atoms with Crippen molar-refractivity contribution in [1.82, 2.24) is 15.3 Å². The van der Waals surface area contributed by atoms with Crippen LogP contribution in [0.2, 0.25) is 0 Å². The minimum atomic E-state index is -0.322. The lowest BCUT2D eigenvalue weighted by Crippen LogP contribution is -2.31. The lowest BCUT2D eigenvalue weighted by Gasteiger charge is -2.12. The summed E-state index contributed by atoms with van der Waals surface area (Å²) in [5.74, 6) is 0.0841. The van der Waals surface area contributed by atoms with E-state index >= 15 is 0 Å². The average molecular weight is 392 g/mol. The molecular weight excluding hydrogens is 371 g/mol. The summed E-state index contributed by atoms with van der Waals surface area (Å²) >= 11 is 0. The van der Waals surface area contributed by atoms with E-state index in [2.05, 4.69) is 20.6 Å². The van der Waals surface area contributed by atoms with Crippen LogP contribution in [0, 0.1) is 5.82 Å². The molecule has 1 aliphatic rings. The van der Waals surface area contributed by atoms with Gasteiger partial charge in [0.1, 0.15) is 18.0 Å². The maximum atomic E-state index is 13.5. The Morgan fingerprint density at radius 2 is 2.03 bits per heavy atom. The Kier molecular flexibility index (Phi) is 5.76. The smallest absolute Gasteiger partial charge is 0.251 e. The maximum Gasteiger partial charge on any atom is 0.251 e. The third-order valence-corrected chi connectivity index (χ3v) is 4.70. The zero-order valence-corrected chi connectivity index (χ0v) is 15.8. The van der Waals surface area contributed by atoms with Gasteiger partial charge in [0, 0.05) is 36.0 Å². The first-order valence-corrected chi connectivity index (χ1v) is 9.52. The van der Waals surface area contributed by atoms with Gasteiger partial charge in [-0.1, -0.05) is 18.2 Å². The lowest BCUT2D eigenvalue weighted by molar-refractivity contribution is 0.0858. The van der Waals surface area contributed by atoms with Gasteiger partial charge >= 0.3 is 0 Å². The number of ether oxygens (including phenoxy) is 1. The molecule has 1 amide bonds. The molecule has 1 atom stereocenters. The van der Waals surface area contributed by atoms with E-state index in [0.717, 1.165) is 25.1 Å². The van der Waals surface area contributed by atoms with Crippen molar-refractivity contribution in [2.45, 2.75) is 18.9 Å². The summed E-state index contributed by atoms with van der Waals surface area (Å²) in [6, 6.07) is 15.1. The van der Waals surface area contributed by atoms with Crippen LogP contribution in [0.3, 0.4) is 0 Å². The van der Waals surface area contributed by atoms with E-state index in [1.54, 1.807) is 36.4 Å². The van der Waals surface area contributed by atoms with Crippen LogP contribution in [0.25, 0.3) is 11.3 Å². The van der Waals surface area contributed by atoms with Crippen molar-refractivity contribution in [3.8, 4) is 11.3 Å². The number of hydrogen-bond donors (Lipinski definition) is 2.